The number of hydrogen-bond donors (Lipinski definition) is 6. The molecule has 0 aliphatic rings. The second-order valence-corrected chi connectivity index (χ2v) is 23.3. The van der Waals surface area contributed by atoms with E-state index in [0.29, 0.717) is 75.1 Å². The number of aliphatic hydroxyl groups is 2. The lowest BCUT2D eigenvalue weighted by Crippen LogP contribution is -2.48. The fraction of sp³-hybridized carbons (Fsp3) is 0.656. The molecule has 466 valence electrons. The second-order valence-electron chi connectivity index (χ2n) is 23.3. The predicted octanol–water partition coefficient (Wildman–Crippen LogP) is 11.7. The van der Waals surface area contributed by atoms with E-state index in [1.807, 2.05) is 94.4 Å². The number of carboxylic acids is 2. The van der Waals surface area contributed by atoms with Crippen LogP contribution in [0.1, 0.15) is 139 Å². The van der Waals surface area contributed by atoms with Gasteiger partial charge in [0.25, 0.3) is 0 Å². The molecule has 18 heteroatoms. The molecular formula is C64H104N2O16. The van der Waals surface area contributed by atoms with E-state index in [1.54, 1.807) is 49.2 Å². The van der Waals surface area contributed by atoms with Crippen LogP contribution in [0.15, 0.2) is 66.7 Å². The Morgan fingerprint density at radius 3 is 1.26 bits per heavy atom. The molecule has 0 fully saturated rings. The van der Waals surface area contributed by atoms with Crippen molar-refractivity contribution in [1.29, 1.82) is 0 Å². The number of aliphatic hydroxyl groups excluding tert-OH is 2. The predicted molar refractivity (Wildman–Crippen MR) is 320 cm³/mol. The van der Waals surface area contributed by atoms with Crippen LogP contribution in [0.5, 0.6) is 23.0 Å². The molecule has 0 radical (unpaired) electrons. The van der Waals surface area contributed by atoms with Gasteiger partial charge in [0.1, 0.15) is 12.2 Å². The summed E-state index contributed by atoms with van der Waals surface area (Å²) in [5, 5.41) is 47.6. The van der Waals surface area contributed by atoms with Gasteiger partial charge in [-0.05, 0) is 136 Å². The maximum atomic E-state index is 12.9. The lowest BCUT2D eigenvalue weighted by molar-refractivity contribution is -0.145. The van der Waals surface area contributed by atoms with Crippen molar-refractivity contribution >= 4 is 24.1 Å². The summed E-state index contributed by atoms with van der Waals surface area (Å²) in [4.78, 5) is 49.3. The van der Waals surface area contributed by atoms with Crippen molar-refractivity contribution in [3.05, 3.63) is 83.4 Å². The van der Waals surface area contributed by atoms with Crippen LogP contribution in [-0.4, -0.2) is 129 Å². The number of alkyl carbamates (subject to hydrolysis) is 2. The Morgan fingerprint density at radius 1 is 0.512 bits per heavy atom. The Morgan fingerprint density at radius 2 is 0.915 bits per heavy atom. The van der Waals surface area contributed by atoms with Crippen molar-refractivity contribution in [3.63, 3.8) is 0 Å². The van der Waals surface area contributed by atoms with Crippen LogP contribution in [0.3, 0.4) is 0 Å². The summed E-state index contributed by atoms with van der Waals surface area (Å²) in [5.74, 6) is -0.632. The first-order valence-corrected chi connectivity index (χ1v) is 28.6. The highest BCUT2D eigenvalue weighted by Crippen LogP contribution is 2.34. The van der Waals surface area contributed by atoms with Crippen molar-refractivity contribution in [1.82, 2.24) is 10.6 Å². The van der Waals surface area contributed by atoms with Crippen LogP contribution in [0, 0.1) is 47.3 Å². The van der Waals surface area contributed by atoms with E-state index >= 15 is 0 Å². The van der Waals surface area contributed by atoms with E-state index in [1.165, 1.54) is 0 Å². The zero-order chi connectivity index (χ0) is 60.8. The smallest absolute Gasteiger partial charge is 0.407 e. The van der Waals surface area contributed by atoms with Gasteiger partial charge in [0, 0.05) is 40.3 Å². The highest BCUT2D eigenvalue weighted by Gasteiger charge is 2.35. The molecule has 3 rings (SSSR count). The number of carbonyl (C=O) groups is 4. The summed E-state index contributed by atoms with van der Waals surface area (Å²) >= 11 is 0. The van der Waals surface area contributed by atoms with Gasteiger partial charge in [-0.25, -0.2) is 9.59 Å². The Balaban J connectivity index is 0.000000813. The molecule has 3 aromatic carbocycles. The Kier molecular flexibility index (Phi) is 35.2. The highest BCUT2D eigenvalue weighted by atomic mass is 16.6. The van der Waals surface area contributed by atoms with Crippen LogP contribution in [0.4, 0.5) is 9.59 Å². The van der Waals surface area contributed by atoms with Gasteiger partial charge < -0.3 is 69.0 Å². The SMILES string of the molecule is C.COCCCOc1cc(C[C@@H](C[C@H](NC(=O)OC(C)(C)C)[C@@H](O)C[C@H](C(=O)O)C(C)C)C(C)C)ccc1OC.COCCCOc1cc(C[C@@H](C[C@H](NC(=O)OCc2ccccc2)[C@@H](O)C[C@H](C(=O)O)C(C)C)C(C)C)ccc1OC. The summed E-state index contributed by atoms with van der Waals surface area (Å²) in [6.07, 6.45) is 0.322. The lowest BCUT2D eigenvalue weighted by atomic mass is 9.80. The highest BCUT2D eigenvalue weighted by molar-refractivity contribution is 5.71. The Bertz CT molecular complexity index is 2270. The second kappa shape index (κ2) is 38.9. The van der Waals surface area contributed by atoms with Crippen molar-refractivity contribution in [2.24, 2.45) is 47.3 Å². The molecule has 3 aromatic rings. The number of rotatable bonds is 36. The van der Waals surface area contributed by atoms with Gasteiger partial charge in [0.05, 0.1) is 63.6 Å². The zero-order valence-corrected chi connectivity index (χ0v) is 51.2. The summed E-state index contributed by atoms with van der Waals surface area (Å²) in [5.41, 5.74) is 2.20. The molecule has 0 aliphatic carbocycles. The average molecular weight is 1160 g/mol. The summed E-state index contributed by atoms with van der Waals surface area (Å²) in [6.45, 7) is 23.3. The largest absolute Gasteiger partial charge is 0.493 e. The Hall–Kier alpha value is -5.82. The first-order chi connectivity index (χ1) is 38.2. The molecule has 6 N–H and O–H groups in total. The van der Waals surface area contributed by atoms with Crippen LogP contribution in [0.2, 0.25) is 0 Å². The molecule has 0 bridgehead atoms. The van der Waals surface area contributed by atoms with Gasteiger partial charge in [-0.2, -0.15) is 0 Å². The molecule has 82 heavy (non-hydrogen) atoms. The number of methoxy groups -OCH3 is 4. The van der Waals surface area contributed by atoms with Crippen LogP contribution >= 0.6 is 0 Å². The number of benzene rings is 3. The number of amides is 2. The number of hydrogen-bond acceptors (Lipinski definition) is 14. The van der Waals surface area contributed by atoms with E-state index in [-0.39, 0.29) is 62.4 Å². The minimum Gasteiger partial charge on any atom is -0.493 e. The number of carboxylic acid groups (broad SMARTS) is 2. The molecule has 0 saturated carbocycles. The van der Waals surface area contributed by atoms with Gasteiger partial charge in [0.2, 0.25) is 0 Å². The van der Waals surface area contributed by atoms with Crippen LogP contribution in [0.25, 0.3) is 0 Å². The molecule has 0 spiro atoms. The molecule has 18 nitrogen and oxygen atoms in total. The average Bonchev–Trinajstić information content (AvgIpc) is 3.60. The maximum absolute atomic E-state index is 12.9. The van der Waals surface area contributed by atoms with Crippen molar-refractivity contribution in [2.75, 3.05) is 54.9 Å². The van der Waals surface area contributed by atoms with Gasteiger partial charge in [-0.3, -0.25) is 9.59 Å². The lowest BCUT2D eigenvalue weighted by Gasteiger charge is -2.32. The first-order valence-electron chi connectivity index (χ1n) is 28.6. The van der Waals surface area contributed by atoms with Gasteiger partial charge >= 0.3 is 24.1 Å². The molecule has 0 saturated heterocycles. The quantitative estimate of drug-likeness (QED) is 0.0296. The summed E-state index contributed by atoms with van der Waals surface area (Å²) in [6, 6.07) is 19.6. The first kappa shape index (κ1) is 74.2. The van der Waals surface area contributed by atoms with Gasteiger partial charge in [-0.1, -0.05) is 105 Å². The van der Waals surface area contributed by atoms with Crippen LogP contribution in [-0.2, 0) is 48.0 Å². The standard InChI is InChI=1S/C33H49NO8.C30H51NO8.CH4/c1-22(2)26(17-25-13-14-30(40-6)31(18-25)41-16-10-15-39-5)19-28(29(35)20-27(23(3)4)32(36)37)34-33(38)42-21-24-11-8-7-9-12-24;1-19(2)22(15-21-11-12-26(37-9)27(16-21)38-14-10-13-36-8)17-24(31-29(35)39-30(5,6)7)25(32)18-23(20(3)4)28(33)34;/h7-9,11-14,18,22-23,26-29,35H,10,15-17,19-21H2,1-6H3,(H,34,38)(H,36,37);11-12,16,19-20,22-25,32H,10,13-15,17-18H2,1-9H3,(H,31,35)(H,33,34);1H4/t26-,27-,28-,29-;22-,23-,24-,25-;/m00./s1. The number of aliphatic carboxylic acids is 2. The minimum absolute atomic E-state index is 0. The monoisotopic (exact) mass is 1160 g/mol. The molecule has 8 atom stereocenters. The van der Waals surface area contributed by atoms with Crippen LogP contribution < -0.4 is 29.6 Å². The van der Waals surface area contributed by atoms with E-state index < -0.39 is 65.9 Å². The number of carbonyl (C=O) groups excluding carboxylic acids is 2. The third kappa shape index (κ3) is 28.4. The molecular weight excluding hydrogens is 1050 g/mol. The van der Waals surface area contributed by atoms with E-state index in [2.05, 4.69) is 38.3 Å². The van der Waals surface area contributed by atoms with Gasteiger partial charge in [-0.15, -0.1) is 0 Å². The maximum Gasteiger partial charge on any atom is 0.407 e. The molecule has 0 aliphatic heterocycles. The van der Waals surface area contributed by atoms with Crippen molar-refractivity contribution in [2.45, 2.75) is 171 Å². The Labute approximate surface area is 490 Å². The fourth-order valence-electron chi connectivity index (χ4n) is 9.30. The van der Waals surface area contributed by atoms with E-state index in [4.69, 9.17) is 37.9 Å². The number of ether oxygens (including phenoxy) is 8. The molecule has 0 heterocycles. The van der Waals surface area contributed by atoms with Gasteiger partial charge in [0.15, 0.2) is 23.0 Å². The van der Waals surface area contributed by atoms with Crippen molar-refractivity contribution < 1.29 is 77.5 Å². The molecule has 0 unspecified atom stereocenters. The zero-order valence-electron chi connectivity index (χ0n) is 51.2. The third-order valence-electron chi connectivity index (χ3n) is 14.3. The molecule has 0 aromatic heterocycles. The minimum atomic E-state index is -1.07. The van der Waals surface area contributed by atoms with E-state index in [9.17, 15) is 39.6 Å². The third-order valence-corrected chi connectivity index (χ3v) is 14.3. The number of nitrogens with one attached hydrogen (secondary N) is 2. The van der Waals surface area contributed by atoms with Crippen molar-refractivity contribution in [3.8, 4) is 23.0 Å². The summed E-state index contributed by atoms with van der Waals surface area (Å²) in [7, 11) is 6.51. The normalized spacial score (nSPS) is 14.4. The topological polar surface area (TPSA) is 247 Å². The molecule has 2 amide bonds. The fourth-order valence-corrected chi connectivity index (χ4v) is 9.30. The van der Waals surface area contributed by atoms with E-state index in [0.717, 1.165) is 29.5 Å². The summed E-state index contributed by atoms with van der Waals surface area (Å²) < 4.78 is 44.0.